The van der Waals surface area contributed by atoms with Gasteiger partial charge in [-0.15, -0.1) is 0 Å². The molecule has 96 valence electrons. The molecular formula is C14H25N3. The van der Waals surface area contributed by atoms with Crippen LogP contribution in [-0.4, -0.2) is 24.7 Å². The molecule has 1 heterocycles. The third-order valence-electron chi connectivity index (χ3n) is 4.23. The van der Waals surface area contributed by atoms with Crippen LogP contribution in [0.1, 0.15) is 51.9 Å². The minimum absolute atomic E-state index is 0.247. The zero-order valence-electron chi connectivity index (χ0n) is 10.9. The molecule has 0 bridgehead atoms. The molecule has 0 amide bonds. The molecule has 0 radical (unpaired) electrons. The van der Waals surface area contributed by atoms with Crippen LogP contribution in [0, 0.1) is 17.2 Å². The maximum atomic E-state index is 9.07. The van der Waals surface area contributed by atoms with E-state index in [0.717, 1.165) is 6.42 Å². The van der Waals surface area contributed by atoms with E-state index in [1.165, 1.54) is 45.1 Å². The lowest BCUT2D eigenvalue weighted by Crippen LogP contribution is -2.44. The molecule has 0 aromatic carbocycles. The lowest BCUT2D eigenvalue weighted by Gasteiger charge is -2.28. The third-order valence-corrected chi connectivity index (χ3v) is 4.23. The molecule has 2 N–H and O–H groups in total. The van der Waals surface area contributed by atoms with Gasteiger partial charge in [0.25, 0.3) is 0 Å². The summed E-state index contributed by atoms with van der Waals surface area (Å²) < 4.78 is 0. The summed E-state index contributed by atoms with van der Waals surface area (Å²) in [7, 11) is 0. The van der Waals surface area contributed by atoms with E-state index in [9.17, 15) is 0 Å². The van der Waals surface area contributed by atoms with Crippen molar-refractivity contribution in [2.45, 2.75) is 70.0 Å². The summed E-state index contributed by atoms with van der Waals surface area (Å²) in [6.45, 7) is 3.45. The van der Waals surface area contributed by atoms with Crippen molar-refractivity contribution in [2.24, 2.45) is 5.92 Å². The summed E-state index contributed by atoms with van der Waals surface area (Å²) >= 11 is 0. The molecule has 0 aromatic heterocycles. The summed E-state index contributed by atoms with van der Waals surface area (Å²) in [5.41, 5.74) is 0. The van der Waals surface area contributed by atoms with Crippen molar-refractivity contribution in [1.29, 1.82) is 5.26 Å². The van der Waals surface area contributed by atoms with Crippen LogP contribution in [0.3, 0.4) is 0 Å². The number of rotatable bonds is 4. The summed E-state index contributed by atoms with van der Waals surface area (Å²) in [5, 5.41) is 16.3. The van der Waals surface area contributed by atoms with Gasteiger partial charge in [-0.2, -0.15) is 5.26 Å². The Bertz CT molecular complexity index is 265. The SMILES string of the molecule is CC(CC1CCCCN1)NC1CCCC1C#N. The number of nitriles is 1. The predicted octanol–water partition coefficient (Wildman–Crippen LogP) is 2.19. The minimum Gasteiger partial charge on any atom is -0.314 e. The van der Waals surface area contributed by atoms with Gasteiger partial charge in [-0.3, -0.25) is 0 Å². The smallest absolute Gasteiger partial charge is 0.0672 e. The first-order chi connectivity index (χ1) is 8.29. The van der Waals surface area contributed by atoms with Crippen molar-refractivity contribution in [1.82, 2.24) is 10.6 Å². The number of nitrogens with zero attached hydrogens (tertiary/aromatic N) is 1. The number of nitrogens with one attached hydrogen (secondary N) is 2. The lowest BCUT2D eigenvalue weighted by molar-refractivity contribution is 0.320. The van der Waals surface area contributed by atoms with E-state index in [4.69, 9.17) is 5.26 Å². The monoisotopic (exact) mass is 235 g/mol. The standard InChI is InChI=1S/C14H25N3/c1-11(9-13-6-2-3-8-16-13)17-14-7-4-5-12(14)10-15/h11-14,16-17H,2-9H2,1H3. The van der Waals surface area contributed by atoms with Crippen molar-refractivity contribution >= 4 is 0 Å². The molecular weight excluding hydrogens is 210 g/mol. The van der Waals surface area contributed by atoms with Gasteiger partial charge >= 0.3 is 0 Å². The van der Waals surface area contributed by atoms with E-state index < -0.39 is 0 Å². The van der Waals surface area contributed by atoms with E-state index in [1.807, 2.05) is 0 Å². The Labute approximate surface area is 105 Å². The molecule has 4 atom stereocenters. The molecule has 0 spiro atoms. The third kappa shape index (κ3) is 3.69. The maximum Gasteiger partial charge on any atom is 0.0672 e. The maximum absolute atomic E-state index is 9.07. The van der Waals surface area contributed by atoms with E-state index in [-0.39, 0.29) is 5.92 Å². The number of hydrogen-bond donors (Lipinski definition) is 2. The Hall–Kier alpha value is -0.590. The zero-order chi connectivity index (χ0) is 12.1. The van der Waals surface area contributed by atoms with Gasteiger partial charge in [0, 0.05) is 18.1 Å². The molecule has 1 aliphatic carbocycles. The lowest BCUT2D eigenvalue weighted by atomic mass is 9.97. The van der Waals surface area contributed by atoms with Crippen molar-refractivity contribution in [3.8, 4) is 6.07 Å². The number of hydrogen-bond acceptors (Lipinski definition) is 3. The Morgan fingerprint density at radius 3 is 2.88 bits per heavy atom. The fourth-order valence-corrected chi connectivity index (χ4v) is 3.30. The van der Waals surface area contributed by atoms with Crippen LogP contribution in [-0.2, 0) is 0 Å². The molecule has 2 rings (SSSR count). The van der Waals surface area contributed by atoms with Gasteiger partial charge in [-0.1, -0.05) is 12.8 Å². The summed E-state index contributed by atoms with van der Waals surface area (Å²) in [6, 6.07) is 4.11. The van der Waals surface area contributed by atoms with Crippen LogP contribution in [0.5, 0.6) is 0 Å². The van der Waals surface area contributed by atoms with Gasteiger partial charge in [-0.25, -0.2) is 0 Å². The molecule has 1 saturated carbocycles. The minimum atomic E-state index is 0.247. The van der Waals surface area contributed by atoms with E-state index in [1.54, 1.807) is 0 Å². The van der Waals surface area contributed by atoms with Crippen LogP contribution in [0.25, 0.3) is 0 Å². The Morgan fingerprint density at radius 2 is 2.18 bits per heavy atom. The average molecular weight is 235 g/mol. The zero-order valence-corrected chi connectivity index (χ0v) is 10.9. The summed E-state index contributed by atoms with van der Waals surface area (Å²) in [6.07, 6.45) is 8.70. The van der Waals surface area contributed by atoms with Crippen LogP contribution < -0.4 is 10.6 Å². The van der Waals surface area contributed by atoms with Crippen molar-refractivity contribution in [3.63, 3.8) is 0 Å². The highest BCUT2D eigenvalue weighted by Crippen LogP contribution is 2.25. The second kappa shape index (κ2) is 6.37. The quantitative estimate of drug-likeness (QED) is 0.785. The largest absolute Gasteiger partial charge is 0.314 e. The van der Waals surface area contributed by atoms with Gasteiger partial charge < -0.3 is 10.6 Å². The van der Waals surface area contributed by atoms with Crippen molar-refractivity contribution < 1.29 is 0 Å². The van der Waals surface area contributed by atoms with E-state index in [2.05, 4.69) is 23.6 Å². The van der Waals surface area contributed by atoms with Crippen molar-refractivity contribution in [2.75, 3.05) is 6.54 Å². The highest BCUT2D eigenvalue weighted by Gasteiger charge is 2.28. The van der Waals surface area contributed by atoms with Crippen LogP contribution in [0.4, 0.5) is 0 Å². The fourth-order valence-electron chi connectivity index (χ4n) is 3.30. The van der Waals surface area contributed by atoms with Crippen molar-refractivity contribution in [3.05, 3.63) is 0 Å². The van der Waals surface area contributed by atoms with Gasteiger partial charge in [-0.05, 0) is 45.6 Å². The summed E-state index contributed by atoms with van der Waals surface area (Å²) in [4.78, 5) is 0. The second-order valence-corrected chi connectivity index (χ2v) is 5.72. The molecule has 3 nitrogen and oxygen atoms in total. The highest BCUT2D eigenvalue weighted by molar-refractivity contribution is 4.97. The first-order valence-corrected chi connectivity index (χ1v) is 7.18. The Morgan fingerprint density at radius 1 is 1.29 bits per heavy atom. The van der Waals surface area contributed by atoms with Crippen LogP contribution in [0.15, 0.2) is 0 Å². The van der Waals surface area contributed by atoms with Crippen LogP contribution >= 0.6 is 0 Å². The van der Waals surface area contributed by atoms with Gasteiger partial charge in [0.05, 0.1) is 12.0 Å². The Kier molecular flexibility index (Phi) is 4.82. The topological polar surface area (TPSA) is 47.8 Å². The Balaban J connectivity index is 1.72. The molecule has 0 aromatic rings. The van der Waals surface area contributed by atoms with Gasteiger partial charge in [0.2, 0.25) is 0 Å². The second-order valence-electron chi connectivity index (χ2n) is 5.72. The number of piperidine rings is 1. The van der Waals surface area contributed by atoms with Gasteiger partial charge in [0.15, 0.2) is 0 Å². The fraction of sp³-hybridized carbons (Fsp3) is 0.929. The molecule has 1 saturated heterocycles. The molecule has 4 unspecified atom stereocenters. The first kappa shape index (κ1) is 12.9. The highest BCUT2D eigenvalue weighted by atomic mass is 15.0. The molecule has 1 aliphatic heterocycles. The summed E-state index contributed by atoms with van der Waals surface area (Å²) in [5.74, 6) is 0.247. The van der Waals surface area contributed by atoms with Crippen LogP contribution in [0.2, 0.25) is 0 Å². The van der Waals surface area contributed by atoms with Gasteiger partial charge in [0.1, 0.15) is 0 Å². The predicted molar refractivity (Wildman–Crippen MR) is 69.6 cm³/mol. The van der Waals surface area contributed by atoms with E-state index >= 15 is 0 Å². The molecule has 3 heteroatoms. The molecule has 2 aliphatic rings. The molecule has 17 heavy (non-hydrogen) atoms. The first-order valence-electron chi connectivity index (χ1n) is 7.18. The van der Waals surface area contributed by atoms with E-state index in [0.29, 0.717) is 18.1 Å². The normalized spacial score (nSPS) is 35.4. The average Bonchev–Trinajstić information content (AvgIpc) is 2.77. The molecule has 2 fully saturated rings.